The van der Waals surface area contributed by atoms with Crippen molar-refractivity contribution in [2.45, 2.75) is 33.0 Å². The Morgan fingerprint density at radius 2 is 1.95 bits per heavy atom. The summed E-state index contributed by atoms with van der Waals surface area (Å²) in [6, 6.07) is 9.70. The normalized spacial score (nSPS) is 12.2. The van der Waals surface area contributed by atoms with E-state index in [4.69, 9.17) is 9.47 Å². The highest BCUT2D eigenvalue weighted by Gasteiger charge is 2.11. The van der Waals surface area contributed by atoms with Crippen LogP contribution in [0.15, 0.2) is 30.3 Å². The van der Waals surface area contributed by atoms with Crippen LogP contribution >= 0.6 is 11.3 Å². The molecule has 1 N–H and O–H groups in total. The number of aliphatic hydroxyl groups excluding tert-OH is 1. The number of benzene rings is 1. The fourth-order valence-electron chi connectivity index (χ4n) is 1.95. The molecular formula is C16H20O3S. The van der Waals surface area contributed by atoms with Crippen LogP contribution in [0.25, 0.3) is 0 Å². The van der Waals surface area contributed by atoms with Gasteiger partial charge in [-0.3, -0.25) is 0 Å². The van der Waals surface area contributed by atoms with Crippen LogP contribution in [0.3, 0.4) is 0 Å². The molecule has 0 spiro atoms. The van der Waals surface area contributed by atoms with Gasteiger partial charge < -0.3 is 14.6 Å². The Hall–Kier alpha value is -1.52. The molecule has 2 aromatic rings. The Bertz CT molecular complexity index is 561. The molecule has 1 aromatic carbocycles. The summed E-state index contributed by atoms with van der Waals surface area (Å²) in [4.78, 5) is 2.53. The molecule has 0 saturated heterocycles. The molecule has 0 bridgehead atoms. The van der Waals surface area contributed by atoms with Crippen LogP contribution in [-0.4, -0.2) is 12.2 Å². The monoisotopic (exact) mass is 292 g/mol. The van der Waals surface area contributed by atoms with E-state index in [9.17, 15) is 5.11 Å². The fourth-order valence-corrected chi connectivity index (χ4v) is 2.82. The number of hydrogen-bond donors (Lipinski definition) is 1. The Morgan fingerprint density at radius 3 is 2.55 bits per heavy atom. The van der Waals surface area contributed by atoms with Crippen molar-refractivity contribution in [3.63, 3.8) is 0 Å². The van der Waals surface area contributed by atoms with Gasteiger partial charge in [0.1, 0.15) is 18.1 Å². The van der Waals surface area contributed by atoms with Crippen LogP contribution in [0.5, 0.6) is 11.5 Å². The molecule has 0 aliphatic rings. The van der Waals surface area contributed by atoms with Crippen LogP contribution in [0, 0.1) is 0 Å². The maximum atomic E-state index is 9.79. The van der Waals surface area contributed by atoms with Gasteiger partial charge in [0.05, 0.1) is 13.2 Å². The van der Waals surface area contributed by atoms with E-state index in [-0.39, 0.29) is 0 Å². The number of thiophene rings is 1. The number of ether oxygens (including phenoxy) is 2. The van der Waals surface area contributed by atoms with Gasteiger partial charge in [0.25, 0.3) is 0 Å². The minimum atomic E-state index is -0.564. The lowest BCUT2D eigenvalue weighted by Gasteiger charge is -2.14. The van der Waals surface area contributed by atoms with E-state index in [1.54, 1.807) is 25.4 Å². The van der Waals surface area contributed by atoms with E-state index in [0.717, 1.165) is 17.7 Å². The molecule has 1 atom stereocenters. The summed E-state index contributed by atoms with van der Waals surface area (Å²) in [6.45, 7) is 4.39. The second-order valence-electron chi connectivity index (χ2n) is 4.59. The Kier molecular flexibility index (Phi) is 5.04. The topological polar surface area (TPSA) is 38.7 Å². The van der Waals surface area contributed by atoms with Gasteiger partial charge in [-0.2, -0.15) is 0 Å². The minimum Gasteiger partial charge on any atom is -0.497 e. The van der Waals surface area contributed by atoms with Gasteiger partial charge in [0, 0.05) is 21.4 Å². The molecule has 108 valence electrons. The highest BCUT2D eigenvalue weighted by molar-refractivity contribution is 7.11. The number of methoxy groups -OCH3 is 1. The van der Waals surface area contributed by atoms with Gasteiger partial charge in [-0.25, -0.2) is 0 Å². The van der Waals surface area contributed by atoms with Crippen molar-refractivity contribution in [1.29, 1.82) is 0 Å². The molecule has 0 aliphatic heterocycles. The average molecular weight is 292 g/mol. The molecule has 0 saturated carbocycles. The summed E-state index contributed by atoms with van der Waals surface area (Å²) in [6.07, 6.45) is 0.480. The smallest absolute Gasteiger partial charge is 0.129 e. The summed E-state index contributed by atoms with van der Waals surface area (Å²) >= 11 is 1.76. The summed E-state index contributed by atoms with van der Waals surface area (Å²) in [5, 5.41) is 9.79. The number of rotatable bonds is 6. The van der Waals surface area contributed by atoms with E-state index in [2.05, 4.69) is 19.1 Å². The second kappa shape index (κ2) is 6.77. The first-order valence-corrected chi connectivity index (χ1v) is 7.52. The number of hydrogen-bond acceptors (Lipinski definition) is 4. The zero-order valence-corrected chi connectivity index (χ0v) is 12.9. The first-order valence-electron chi connectivity index (χ1n) is 6.70. The van der Waals surface area contributed by atoms with Crippen LogP contribution in [-0.2, 0) is 13.0 Å². The Balaban J connectivity index is 2.14. The first-order chi connectivity index (χ1) is 9.63. The van der Waals surface area contributed by atoms with E-state index in [1.165, 1.54) is 9.75 Å². The molecule has 1 heterocycles. The standard InChI is InChI=1S/C16H20O3S/c1-4-13-6-7-14(20-13)10-19-16-9-12(18-3)5-8-15(16)11(2)17/h5-9,11,17H,4,10H2,1-3H3/t11-/m1/s1. The van der Waals surface area contributed by atoms with E-state index >= 15 is 0 Å². The third-order valence-electron chi connectivity index (χ3n) is 3.11. The molecule has 4 heteroatoms. The van der Waals surface area contributed by atoms with Crippen molar-refractivity contribution >= 4 is 11.3 Å². The average Bonchev–Trinajstić information content (AvgIpc) is 2.92. The lowest BCUT2D eigenvalue weighted by atomic mass is 10.1. The summed E-state index contributed by atoms with van der Waals surface area (Å²) in [5.74, 6) is 1.40. The van der Waals surface area contributed by atoms with E-state index in [1.807, 2.05) is 18.2 Å². The molecular weight excluding hydrogens is 272 g/mol. The largest absolute Gasteiger partial charge is 0.497 e. The maximum absolute atomic E-state index is 9.79. The van der Waals surface area contributed by atoms with Crippen LogP contribution in [0.1, 0.15) is 35.3 Å². The van der Waals surface area contributed by atoms with Gasteiger partial charge in [-0.15, -0.1) is 11.3 Å². The van der Waals surface area contributed by atoms with Gasteiger partial charge in [-0.05, 0) is 37.6 Å². The molecule has 0 amide bonds. The van der Waals surface area contributed by atoms with Crippen molar-refractivity contribution in [2.75, 3.05) is 7.11 Å². The molecule has 20 heavy (non-hydrogen) atoms. The van der Waals surface area contributed by atoms with Crippen molar-refractivity contribution in [3.05, 3.63) is 45.6 Å². The van der Waals surface area contributed by atoms with Crippen molar-refractivity contribution in [3.8, 4) is 11.5 Å². The van der Waals surface area contributed by atoms with E-state index < -0.39 is 6.10 Å². The van der Waals surface area contributed by atoms with Crippen LogP contribution < -0.4 is 9.47 Å². The van der Waals surface area contributed by atoms with E-state index in [0.29, 0.717) is 12.4 Å². The Morgan fingerprint density at radius 1 is 1.20 bits per heavy atom. The second-order valence-corrected chi connectivity index (χ2v) is 5.84. The van der Waals surface area contributed by atoms with Crippen molar-refractivity contribution in [1.82, 2.24) is 0 Å². The quantitative estimate of drug-likeness (QED) is 0.876. The predicted octanol–water partition coefficient (Wildman–Crippen LogP) is 3.95. The van der Waals surface area contributed by atoms with Gasteiger partial charge >= 0.3 is 0 Å². The number of aryl methyl sites for hydroxylation is 1. The lowest BCUT2D eigenvalue weighted by Crippen LogP contribution is -2.00. The molecule has 1 aromatic heterocycles. The summed E-state index contributed by atoms with van der Waals surface area (Å²) in [5.41, 5.74) is 0.776. The minimum absolute atomic E-state index is 0.511. The molecule has 0 aliphatic carbocycles. The highest BCUT2D eigenvalue weighted by Crippen LogP contribution is 2.30. The van der Waals surface area contributed by atoms with Crippen LogP contribution in [0.4, 0.5) is 0 Å². The molecule has 0 radical (unpaired) electrons. The third-order valence-corrected chi connectivity index (χ3v) is 4.31. The maximum Gasteiger partial charge on any atom is 0.129 e. The lowest BCUT2D eigenvalue weighted by molar-refractivity contribution is 0.190. The fraction of sp³-hybridized carbons (Fsp3) is 0.375. The zero-order chi connectivity index (χ0) is 14.5. The summed E-state index contributed by atoms with van der Waals surface area (Å²) < 4.78 is 11.1. The Labute approximate surface area is 123 Å². The molecule has 2 rings (SSSR count). The van der Waals surface area contributed by atoms with Crippen LogP contribution in [0.2, 0.25) is 0 Å². The first kappa shape index (κ1) is 14.9. The zero-order valence-electron chi connectivity index (χ0n) is 12.1. The van der Waals surface area contributed by atoms with Crippen molar-refractivity contribution in [2.24, 2.45) is 0 Å². The highest BCUT2D eigenvalue weighted by atomic mass is 32.1. The third kappa shape index (κ3) is 3.52. The molecule has 0 fully saturated rings. The summed E-state index contributed by atoms with van der Waals surface area (Å²) in [7, 11) is 1.62. The van der Waals surface area contributed by atoms with Gasteiger partial charge in [-0.1, -0.05) is 6.92 Å². The SMILES string of the molecule is CCc1ccc(COc2cc(OC)ccc2[C@@H](C)O)s1. The van der Waals surface area contributed by atoms with Gasteiger partial charge in [0.2, 0.25) is 0 Å². The molecule has 3 nitrogen and oxygen atoms in total. The van der Waals surface area contributed by atoms with Gasteiger partial charge in [0.15, 0.2) is 0 Å². The predicted molar refractivity (Wildman–Crippen MR) is 81.7 cm³/mol. The number of aliphatic hydroxyl groups is 1. The molecule has 0 unspecified atom stereocenters. The van der Waals surface area contributed by atoms with Crippen molar-refractivity contribution < 1.29 is 14.6 Å².